The first-order valence-electron chi connectivity index (χ1n) is 9.01. The molecule has 3 aromatic rings. The number of sulfone groups is 1. The lowest BCUT2D eigenvalue weighted by molar-refractivity contribution is 0.0635. The molecule has 0 spiro atoms. The van der Waals surface area contributed by atoms with Gasteiger partial charge < -0.3 is 4.74 Å². The van der Waals surface area contributed by atoms with Gasteiger partial charge in [0.05, 0.1) is 16.0 Å². The highest BCUT2D eigenvalue weighted by Crippen LogP contribution is 2.39. The van der Waals surface area contributed by atoms with Crippen LogP contribution < -0.4 is 5.32 Å². The molecular formula is C19H23N5O4S. The normalized spacial score (nSPS) is 12.2. The standard InChI is InChI=1S/C19H23N5O4S/c1-6-11-7-8-13(29(5,26)27)16(22-18(25)28-19(2,3)4)14(11)15-12-9-20-10-21-17(12)24-23-15/h7-10H,6H2,1-5H3,(H,22,25)(H,20,21,23,24). The number of aromatic amines is 1. The number of H-pyrrole nitrogens is 1. The van der Waals surface area contributed by atoms with Gasteiger partial charge >= 0.3 is 6.09 Å². The molecule has 0 unspecified atom stereocenters. The zero-order valence-electron chi connectivity index (χ0n) is 16.9. The lowest BCUT2D eigenvalue weighted by atomic mass is 9.98. The number of carbonyl (C=O) groups excluding carboxylic acids is 1. The number of hydrogen-bond acceptors (Lipinski definition) is 7. The van der Waals surface area contributed by atoms with Crippen LogP contribution in [0.25, 0.3) is 22.3 Å². The second-order valence-electron chi connectivity index (χ2n) is 7.58. The van der Waals surface area contributed by atoms with Crippen molar-refractivity contribution in [1.29, 1.82) is 0 Å². The van der Waals surface area contributed by atoms with Gasteiger partial charge in [-0.1, -0.05) is 13.0 Å². The first-order valence-corrected chi connectivity index (χ1v) is 10.9. The number of fused-ring (bicyclic) bond motifs is 1. The molecule has 10 heteroatoms. The van der Waals surface area contributed by atoms with E-state index in [-0.39, 0.29) is 10.6 Å². The topological polar surface area (TPSA) is 127 Å². The van der Waals surface area contributed by atoms with Crippen LogP contribution in [0.5, 0.6) is 0 Å². The molecule has 9 nitrogen and oxygen atoms in total. The minimum absolute atomic E-state index is 0.0245. The minimum atomic E-state index is -3.65. The molecule has 3 rings (SSSR count). The van der Waals surface area contributed by atoms with Gasteiger partial charge in [0, 0.05) is 18.0 Å². The fourth-order valence-electron chi connectivity index (χ4n) is 2.98. The maximum Gasteiger partial charge on any atom is 0.412 e. The third-order valence-corrected chi connectivity index (χ3v) is 5.28. The summed E-state index contributed by atoms with van der Waals surface area (Å²) in [6, 6.07) is 3.20. The molecule has 2 heterocycles. The quantitative estimate of drug-likeness (QED) is 0.666. The Morgan fingerprint density at radius 2 is 2.00 bits per heavy atom. The molecule has 29 heavy (non-hydrogen) atoms. The molecule has 0 saturated carbocycles. The first kappa shape index (κ1) is 20.7. The number of anilines is 1. The van der Waals surface area contributed by atoms with Crippen LogP contribution in [0.2, 0.25) is 0 Å². The summed E-state index contributed by atoms with van der Waals surface area (Å²) in [5.74, 6) is 0. The van der Waals surface area contributed by atoms with E-state index in [2.05, 4.69) is 25.5 Å². The Morgan fingerprint density at radius 3 is 2.62 bits per heavy atom. The van der Waals surface area contributed by atoms with Crippen molar-refractivity contribution in [3.05, 3.63) is 30.2 Å². The number of aromatic nitrogens is 4. The van der Waals surface area contributed by atoms with Crippen molar-refractivity contribution in [2.45, 2.75) is 44.6 Å². The second-order valence-corrected chi connectivity index (χ2v) is 9.57. The first-order chi connectivity index (χ1) is 13.5. The lowest BCUT2D eigenvalue weighted by Crippen LogP contribution is -2.28. The molecule has 0 saturated heterocycles. The third-order valence-electron chi connectivity index (χ3n) is 4.14. The summed E-state index contributed by atoms with van der Waals surface area (Å²) in [4.78, 5) is 20.7. The summed E-state index contributed by atoms with van der Waals surface area (Å²) in [6.07, 6.45) is 3.89. The Bertz CT molecular complexity index is 1180. The summed E-state index contributed by atoms with van der Waals surface area (Å²) in [5.41, 5.74) is 1.63. The van der Waals surface area contributed by atoms with Crippen molar-refractivity contribution in [3.63, 3.8) is 0 Å². The summed E-state index contributed by atoms with van der Waals surface area (Å²) in [7, 11) is -3.65. The van der Waals surface area contributed by atoms with Crippen LogP contribution in [-0.4, -0.2) is 46.5 Å². The molecule has 0 aliphatic carbocycles. The Morgan fingerprint density at radius 1 is 1.28 bits per heavy atom. The third kappa shape index (κ3) is 4.37. The maximum absolute atomic E-state index is 12.5. The predicted molar refractivity (Wildman–Crippen MR) is 109 cm³/mol. The van der Waals surface area contributed by atoms with Crippen molar-refractivity contribution in [3.8, 4) is 11.3 Å². The van der Waals surface area contributed by atoms with Crippen LogP contribution in [0.15, 0.2) is 29.6 Å². The van der Waals surface area contributed by atoms with Crippen molar-refractivity contribution in [2.75, 3.05) is 11.6 Å². The molecular weight excluding hydrogens is 394 g/mol. The van der Waals surface area contributed by atoms with Gasteiger partial charge in [0.15, 0.2) is 15.5 Å². The summed E-state index contributed by atoms with van der Waals surface area (Å²) < 4.78 is 30.3. The van der Waals surface area contributed by atoms with E-state index in [9.17, 15) is 13.2 Å². The number of rotatable bonds is 4. The van der Waals surface area contributed by atoms with Gasteiger partial charge in [0.1, 0.15) is 17.6 Å². The number of carbonyl (C=O) groups is 1. The molecule has 0 radical (unpaired) electrons. The van der Waals surface area contributed by atoms with Gasteiger partial charge in [-0.15, -0.1) is 0 Å². The molecule has 1 aromatic carbocycles. The average Bonchev–Trinajstić information content (AvgIpc) is 3.02. The minimum Gasteiger partial charge on any atom is -0.444 e. The smallest absolute Gasteiger partial charge is 0.412 e. The van der Waals surface area contributed by atoms with Crippen LogP contribution in [0, 0.1) is 0 Å². The van der Waals surface area contributed by atoms with Crippen molar-refractivity contribution < 1.29 is 17.9 Å². The van der Waals surface area contributed by atoms with Gasteiger partial charge in [-0.05, 0) is 38.8 Å². The van der Waals surface area contributed by atoms with E-state index < -0.39 is 21.5 Å². The summed E-state index contributed by atoms with van der Waals surface area (Å²) >= 11 is 0. The fourth-order valence-corrected chi connectivity index (χ4v) is 3.82. The Kier molecular flexibility index (Phi) is 5.31. The van der Waals surface area contributed by atoms with Crippen molar-refractivity contribution in [2.24, 2.45) is 0 Å². The molecule has 0 atom stereocenters. The van der Waals surface area contributed by atoms with Gasteiger partial charge in [0.2, 0.25) is 0 Å². The highest BCUT2D eigenvalue weighted by atomic mass is 32.2. The van der Waals surface area contributed by atoms with Gasteiger partial charge in [0.25, 0.3) is 0 Å². The van der Waals surface area contributed by atoms with E-state index in [4.69, 9.17) is 4.74 Å². The number of hydrogen-bond donors (Lipinski definition) is 2. The fraction of sp³-hybridized carbons (Fsp3) is 0.368. The van der Waals surface area contributed by atoms with Crippen molar-refractivity contribution >= 4 is 32.7 Å². The SMILES string of the molecule is CCc1ccc(S(C)(=O)=O)c(NC(=O)OC(C)(C)C)c1-c1n[nH]c2ncncc12. The van der Waals surface area contributed by atoms with Crippen LogP contribution in [0.1, 0.15) is 33.3 Å². The van der Waals surface area contributed by atoms with E-state index in [1.165, 1.54) is 12.4 Å². The van der Waals surface area contributed by atoms with Gasteiger partial charge in [-0.3, -0.25) is 10.4 Å². The Hall–Kier alpha value is -3.01. The molecule has 154 valence electrons. The van der Waals surface area contributed by atoms with E-state index in [0.29, 0.717) is 28.7 Å². The molecule has 0 bridgehead atoms. The van der Waals surface area contributed by atoms with E-state index in [1.54, 1.807) is 33.0 Å². The highest BCUT2D eigenvalue weighted by molar-refractivity contribution is 7.90. The highest BCUT2D eigenvalue weighted by Gasteiger charge is 2.26. The number of ether oxygens (including phenoxy) is 1. The molecule has 0 fully saturated rings. The molecule has 0 aliphatic rings. The van der Waals surface area contributed by atoms with Crippen LogP contribution in [0.3, 0.4) is 0 Å². The van der Waals surface area contributed by atoms with Gasteiger partial charge in [-0.2, -0.15) is 5.10 Å². The van der Waals surface area contributed by atoms with E-state index in [1.807, 2.05) is 6.92 Å². The van der Waals surface area contributed by atoms with Crippen LogP contribution in [0.4, 0.5) is 10.5 Å². The van der Waals surface area contributed by atoms with Crippen LogP contribution in [-0.2, 0) is 21.0 Å². The molecule has 1 amide bonds. The average molecular weight is 417 g/mol. The zero-order chi connectivity index (χ0) is 21.4. The number of aryl methyl sites for hydroxylation is 1. The Labute approximate surface area is 168 Å². The van der Waals surface area contributed by atoms with E-state index >= 15 is 0 Å². The van der Waals surface area contributed by atoms with Crippen LogP contribution >= 0.6 is 0 Å². The van der Waals surface area contributed by atoms with Crippen molar-refractivity contribution in [1.82, 2.24) is 20.2 Å². The number of nitrogens with zero attached hydrogens (tertiary/aromatic N) is 3. The summed E-state index contributed by atoms with van der Waals surface area (Å²) in [5, 5.41) is 10.4. The molecule has 2 N–H and O–H groups in total. The number of benzene rings is 1. The summed E-state index contributed by atoms with van der Waals surface area (Å²) in [6.45, 7) is 7.12. The number of amides is 1. The predicted octanol–water partition coefficient (Wildman–Crippen LogP) is 3.33. The van der Waals surface area contributed by atoms with E-state index in [0.717, 1.165) is 11.8 Å². The van der Waals surface area contributed by atoms with Gasteiger partial charge in [-0.25, -0.2) is 23.2 Å². The lowest BCUT2D eigenvalue weighted by Gasteiger charge is -2.22. The zero-order valence-corrected chi connectivity index (χ0v) is 17.7. The molecule has 2 aromatic heterocycles. The number of nitrogens with one attached hydrogen (secondary N) is 2. The maximum atomic E-state index is 12.5. The monoisotopic (exact) mass is 417 g/mol. The molecule has 0 aliphatic heterocycles. The Balaban J connectivity index is 2.29. The second kappa shape index (κ2) is 7.43. The largest absolute Gasteiger partial charge is 0.444 e.